The predicted octanol–water partition coefficient (Wildman–Crippen LogP) is 1.91. The number of carbonyl (C=O) groups is 1. The highest BCUT2D eigenvalue weighted by Gasteiger charge is 2.06. The molecule has 0 atom stereocenters. The summed E-state index contributed by atoms with van der Waals surface area (Å²) < 4.78 is 0. The molecule has 0 fully saturated rings. The molecule has 1 amide bonds. The van der Waals surface area contributed by atoms with Crippen molar-refractivity contribution in [3.8, 4) is 11.4 Å². The molecule has 1 N–H and O–H groups in total. The molecule has 0 saturated carbocycles. The third-order valence-electron chi connectivity index (χ3n) is 3.23. The van der Waals surface area contributed by atoms with Crippen LogP contribution in [0.15, 0.2) is 61.3 Å². The van der Waals surface area contributed by atoms with E-state index in [4.69, 9.17) is 0 Å². The second-order valence-corrected chi connectivity index (χ2v) is 4.88. The molecule has 0 spiro atoms. The molecule has 2 aromatic heterocycles. The van der Waals surface area contributed by atoms with Crippen molar-refractivity contribution in [2.24, 2.45) is 0 Å². The van der Waals surface area contributed by atoms with Crippen molar-refractivity contribution in [1.29, 1.82) is 0 Å². The summed E-state index contributed by atoms with van der Waals surface area (Å²) in [5.41, 5.74) is 2.25. The van der Waals surface area contributed by atoms with Crippen LogP contribution in [-0.2, 0) is 6.42 Å². The van der Waals surface area contributed by atoms with Crippen molar-refractivity contribution in [3.05, 3.63) is 72.6 Å². The molecule has 0 saturated heterocycles. The zero-order valence-electron chi connectivity index (χ0n) is 12.4. The van der Waals surface area contributed by atoms with E-state index in [9.17, 15) is 4.79 Å². The summed E-state index contributed by atoms with van der Waals surface area (Å²) in [6.45, 7) is 0.490. The normalized spacial score (nSPS) is 10.3. The van der Waals surface area contributed by atoms with E-state index >= 15 is 0 Å². The molecule has 6 heteroatoms. The van der Waals surface area contributed by atoms with Crippen LogP contribution >= 0.6 is 0 Å². The van der Waals surface area contributed by atoms with Gasteiger partial charge in [0.1, 0.15) is 5.69 Å². The lowest BCUT2D eigenvalue weighted by molar-refractivity contribution is 0.0948. The molecule has 0 unspecified atom stereocenters. The van der Waals surface area contributed by atoms with Crippen LogP contribution in [0.3, 0.4) is 0 Å². The summed E-state index contributed by atoms with van der Waals surface area (Å²) in [7, 11) is 0. The van der Waals surface area contributed by atoms with Crippen LogP contribution in [0.5, 0.6) is 0 Å². The van der Waals surface area contributed by atoms with E-state index in [1.165, 1.54) is 18.6 Å². The van der Waals surface area contributed by atoms with Gasteiger partial charge >= 0.3 is 0 Å². The minimum atomic E-state index is -0.236. The van der Waals surface area contributed by atoms with Gasteiger partial charge in [-0.2, -0.15) is 0 Å². The Morgan fingerprint density at radius 2 is 1.74 bits per heavy atom. The molecule has 0 aliphatic rings. The topological polar surface area (TPSA) is 80.7 Å². The molecule has 6 nitrogen and oxygen atoms in total. The number of nitrogens with one attached hydrogen (secondary N) is 1. The fraction of sp³-hybridized carbons (Fsp3) is 0.118. The molecule has 0 bridgehead atoms. The second-order valence-electron chi connectivity index (χ2n) is 4.88. The maximum atomic E-state index is 11.8. The Labute approximate surface area is 133 Å². The van der Waals surface area contributed by atoms with Gasteiger partial charge in [-0.1, -0.05) is 30.3 Å². The number of hydrogen-bond acceptors (Lipinski definition) is 5. The number of rotatable bonds is 5. The first-order valence-corrected chi connectivity index (χ1v) is 7.23. The van der Waals surface area contributed by atoms with Crippen LogP contribution in [0.2, 0.25) is 0 Å². The molecular formula is C17H15N5O. The third kappa shape index (κ3) is 3.94. The zero-order valence-corrected chi connectivity index (χ0v) is 12.4. The number of nitrogens with zero attached hydrogens (tertiary/aromatic N) is 4. The van der Waals surface area contributed by atoms with Gasteiger partial charge in [0.05, 0.1) is 6.20 Å². The third-order valence-corrected chi connectivity index (χ3v) is 3.23. The summed E-state index contributed by atoms with van der Waals surface area (Å²) in [5.74, 6) is 0.456. The average Bonchev–Trinajstić information content (AvgIpc) is 2.64. The Kier molecular flexibility index (Phi) is 4.63. The van der Waals surface area contributed by atoms with Gasteiger partial charge in [0.15, 0.2) is 5.82 Å². The van der Waals surface area contributed by atoms with Gasteiger partial charge in [0.25, 0.3) is 5.91 Å². The molecule has 0 aliphatic carbocycles. The standard InChI is InChI=1S/C17H15N5O/c23-17(15-12-18-8-9-19-15)20-7-6-13-10-21-16(22-11-13)14-4-2-1-3-5-14/h1-5,8-12H,6-7H2,(H,20,23). The Balaban J connectivity index is 1.54. The first kappa shape index (κ1) is 14.8. The van der Waals surface area contributed by atoms with Crippen molar-refractivity contribution in [2.45, 2.75) is 6.42 Å². The molecule has 0 radical (unpaired) electrons. The van der Waals surface area contributed by atoms with E-state index in [-0.39, 0.29) is 5.91 Å². The Bertz CT molecular complexity index is 760. The van der Waals surface area contributed by atoms with Gasteiger partial charge in [-0.3, -0.25) is 9.78 Å². The monoisotopic (exact) mass is 305 g/mol. The average molecular weight is 305 g/mol. The fourth-order valence-electron chi connectivity index (χ4n) is 2.05. The van der Waals surface area contributed by atoms with Gasteiger partial charge in [0, 0.05) is 36.9 Å². The van der Waals surface area contributed by atoms with Gasteiger partial charge in [-0.25, -0.2) is 15.0 Å². The van der Waals surface area contributed by atoms with Gasteiger partial charge in [0.2, 0.25) is 0 Å². The highest BCUT2D eigenvalue weighted by atomic mass is 16.1. The maximum Gasteiger partial charge on any atom is 0.271 e. The van der Waals surface area contributed by atoms with Crippen LogP contribution in [0.25, 0.3) is 11.4 Å². The smallest absolute Gasteiger partial charge is 0.271 e. The summed E-state index contributed by atoms with van der Waals surface area (Å²) >= 11 is 0. The van der Waals surface area contributed by atoms with Crippen molar-refractivity contribution in [2.75, 3.05) is 6.54 Å². The van der Waals surface area contributed by atoms with Gasteiger partial charge < -0.3 is 5.32 Å². The van der Waals surface area contributed by atoms with E-state index in [0.29, 0.717) is 24.5 Å². The first-order chi connectivity index (χ1) is 11.3. The number of aromatic nitrogens is 4. The lowest BCUT2D eigenvalue weighted by Gasteiger charge is -2.05. The Hall–Kier alpha value is -3.15. The molecule has 23 heavy (non-hydrogen) atoms. The predicted molar refractivity (Wildman–Crippen MR) is 85.5 cm³/mol. The highest BCUT2D eigenvalue weighted by molar-refractivity contribution is 5.91. The lowest BCUT2D eigenvalue weighted by atomic mass is 10.2. The van der Waals surface area contributed by atoms with E-state index in [1.807, 2.05) is 30.3 Å². The summed E-state index contributed by atoms with van der Waals surface area (Å²) in [6, 6.07) is 9.80. The number of carbonyl (C=O) groups excluding carboxylic acids is 1. The van der Waals surface area contributed by atoms with E-state index < -0.39 is 0 Å². The Morgan fingerprint density at radius 1 is 0.957 bits per heavy atom. The summed E-state index contributed by atoms with van der Waals surface area (Å²) in [5, 5.41) is 2.80. The molecule has 114 valence electrons. The zero-order chi connectivity index (χ0) is 15.9. The lowest BCUT2D eigenvalue weighted by Crippen LogP contribution is -2.26. The Morgan fingerprint density at radius 3 is 2.43 bits per heavy atom. The fourth-order valence-corrected chi connectivity index (χ4v) is 2.05. The van der Waals surface area contributed by atoms with Crippen LogP contribution in [0.1, 0.15) is 16.1 Å². The molecule has 0 aliphatic heterocycles. The highest BCUT2D eigenvalue weighted by Crippen LogP contribution is 2.13. The van der Waals surface area contributed by atoms with E-state index in [2.05, 4.69) is 25.3 Å². The number of hydrogen-bond donors (Lipinski definition) is 1. The molecule has 3 rings (SSSR count). The van der Waals surface area contributed by atoms with Crippen LogP contribution in [-0.4, -0.2) is 32.4 Å². The first-order valence-electron chi connectivity index (χ1n) is 7.23. The molecule has 1 aromatic carbocycles. The maximum absolute atomic E-state index is 11.8. The van der Waals surface area contributed by atoms with Crippen molar-refractivity contribution < 1.29 is 4.79 Å². The van der Waals surface area contributed by atoms with E-state index in [0.717, 1.165) is 11.1 Å². The molecule has 2 heterocycles. The van der Waals surface area contributed by atoms with Crippen LogP contribution in [0.4, 0.5) is 0 Å². The second kappa shape index (κ2) is 7.22. The largest absolute Gasteiger partial charge is 0.350 e. The van der Waals surface area contributed by atoms with Crippen molar-refractivity contribution in [3.63, 3.8) is 0 Å². The summed E-state index contributed by atoms with van der Waals surface area (Å²) in [6.07, 6.45) is 8.68. The number of benzene rings is 1. The minimum Gasteiger partial charge on any atom is -0.350 e. The SMILES string of the molecule is O=C(NCCc1cnc(-c2ccccc2)nc1)c1cnccn1. The van der Waals surface area contributed by atoms with Gasteiger partial charge in [-0.15, -0.1) is 0 Å². The number of amides is 1. The molecule has 3 aromatic rings. The van der Waals surface area contributed by atoms with E-state index in [1.54, 1.807) is 12.4 Å². The summed E-state index contributed by atoms with van der Waals surface area (Å²) in [4.78, 5) is 28.4. The van der Waals surface area contributed by atoms with Gasteiger partial charge in [-0.05, 0) is 12.0 Å². The molecular weight excluding hydrogens is 290 g/mol. The van der Waals surface area contributed by atoms with Crippen molar-refractivity contribution in [1.82, 2.24) is 25.3 Å². The van der Waals surface area contributed by atoms with Crippen LogP contribution < -0.4 is 5.32 Å². The quantitative estimate of drug-likeness (QED) is 0.778. The van der Waals surface area contributed by atoms with Crippen molar-refractivity contribution >= 4 is 5.91 Å². The minimum absolute atomic E-state index is 0.236. The van der Waals surface area contributed by atoms with Crippen LogP contribution in [0, 0.1) is 0 Å².